The van der Waals surface area contributed by atoms with E-state index in [0.29, 0.717) is 12.1 Å². The molecule has 2 atom stereocenters. The Labute approximate surface area is 91.6 Å². The van der Waals surface area contributed by atoms with Crippen LogP contribution < -0.4 is 5.32 Å². The van der Waals surface area contributed by atoms with Gasteiger partial charge in [-0.2, -0.15) is 0 Å². The summed E-state index contributed by atoms with van der Waals surface area (Å²) in [6.45, 7) is 5.20. The number of anilines is 1. The number of rotatable bonds is 3. The zero-order chi connectivity index (χ0) is 10.7. The van der Waals surface area contributed by atoms with Crippen LogP contribution in [0.3, 0.4) is 0 Å². The Kier molecular flexibility index (Phi) is 3.27. The molecule has 15 heavy (non-hydrogen) atoms. The number of hydrogen-bond acceptors (Lipinski definition) is 2. The third-order valence-electron chi connectivity index (χ3n) is 3.06. The molecule has 1 N–H and O–H groups in total. The lowest BCUT2D eigenvalue weighted by molar-refractivity contribution is 0.121. The van der Waals surface area contributed by atoms with E-state index in [1.165, 1.54) is 11.3 Å². The average molecular weight is 205 g/mol. The zero-order valence-corrected chi connectivity index (χ0v) is 9.49. The lowest BCUT2D eigenvalue weighted by Crippen LogP contribution is -2.26. The summed E-state index contributed by atoms with van der Waals surface area (Å²) >= 11 is 0. The second-order valence-corrected chi connectivity index (χ2v) is 4.17. The van der Waals surface area contributed by atoms with Crippen molar-refractivity contribution in [3.05, 3.63) is 29.8 Å². The summed E-state index contributed by atoms with van der Waals surface area (Å²) in [5.41, 5.74) is 2.60. The van der Waals surface area contributed by atoms with Crippen LogP contribution in [0.25, 0.3) is 0 Å². The fraction of sp³-hybridized carbons (Fsp3) is 0.538. The molecular formula is C13H19NO. The molecule has 2 rings (SSSR count). The molecule has 1 aromatic rings. The molecule has 1 saturated heterocycles. The van der Waals surface area contributed by atoms with Gasteiger partial charge in [0.2, 0.25) is 0 Å². The molecule has 0 spiro atoms. The predicted octanol–water partition coefficient (Wildman–Crippen LogP) is 2.84. The Balaban J connectivity index is 2.03. The van der Waals surface area contributed by atoms with Crippen molar-refractivity contribution >= 4 is 5.69 Å². The first-order valence-corrected chi connectivity index (χ1v) is 5.76. The Morgan fingerprint density at radius 2 is 2.33 bits per heavy atom. The van der Waals surface area contributed by atoms with Crippen LogP contribution in [0.15, 0.2) is 24.3 Å². The van der Waals surface area contributed by atoms with Gasteiger partial charge in [0.15, 0.2) is 0 Å². The minimum Gasteiger partial charge on any atom is -0.380 e. The molecule has 0 bridgehead atoms. The molecule has 1 aliphatic rings. The summed E-state index contributed by atoms with van der Waals surface area (Å²) in [5, 5.41) is 3.54. The molecule has 2 heteroatoms. The van der Waals surface area contributed by atoms with Gasteiger partial charge in [-0.3, -0.25) is 0 Å². The highest BCUT2D eigenvalue weighted by Gasteiger charge is 2.23. The van der Waals surface area contributed by atoms with Crippen molar-refractivity contribution in [3.8, 4) is 0 Å². The summed E-state index contributed by atoms with van der Waals surface area (Å²) in [6.07, 6.45) is 2.53. The second kappa shape index (κ2) is 4.67. The maximum atomic E-state index is 5.53. The number of ether oxygens (including phenoxy) is 1. The van der Waals surface area contributed by atoms with Crippen LogP contribution in [0, 0.1) is 0 Å². The van der Waals surface area contributed by atoms with Crippen LogP contribution in [0.4, 0.5) is 5.69 Å². The molecule has 0 aromatic heterocycles. The molecule has 0 saturated carbocycles. The second-order valence-electron chi connectivity index (χ2n) is 4.17. The largest absolute Gasteiger partial charge is 0.380 e. The van der Waals surface area contributed by atoms with Gasteiger partial charge in [-0.25, -0.2) is 0 Å². The third-order valence-corrected chi connectivity index (χ3v) is 3.06. The first kappa shape index (κ1) is 10.5. The molecule has 0 unspecified atom stereocenters. The van der Waals surface area contributed by atoms with Gasteiger partial charge in [-0.1, -0.05) is 19.1 Å². The average Bonchev–Trinajstić information content (AvgIpc) is 2.65. The SMILES string of the molecule is CCc1cccc(N[C@H]2CCO[C@H]2C)c1. The Morgan fingerprint density at radius 1 is 1.47 bits per heavy atom. The Bertz CT molecular complexity index is 324. The van der Waals surface area contributed by atoms with E-state index in [4.69, 9.17) is 4.74 Å². The summed E-state index contributed by atoms with van der Waals surface area (Å²) in [5.74, 6) is 0. The fourth-order valence-electron chi connectivity index (χ4n) is 2.02. The fourth-order valence-corrected chi connectivity index (χ4v) is 2.02. The van der Waals surface area contributed by atoms with E-state index in [9.17, 15) is 0 Å². The zero-order valence-electron chi connectivity index (χ0n) is 9.49. The van der Waals surface area contributed by atoms with E-state index in [0.717, 1.165) is 19.4 Å². The molecule has 0 amide bonds. The summed E-state index contributed by atoms with van der Waals surface area (Å²) in [7, 11) is 0. The first-order valence-electron chi connectivity index (χ1n) is 5.76. The summed E-state index contributed by atoms with van der Waals surface area (Å²) < 4.78 is 5.53. The van der Waals surface area contributed by atoms with Gasteiger partial charge in [0.25, 0.3) is 0 Å². The van der Waals surface area contributed by atoms with Crippen LogP contribution in [0.2, 0.25) is 0 Å². The maximum absolute atomic E-state index is 5.53. The van der Waals surface area contributed by atoms with E-state index in [1.807, 2.05) is 0 Å². The van der Waals surface area contributed by atoms with E-state index in [1.54, 1.807) is 0 Å². The van der Waals surface area contributed by atoms with E-state index >= 15 is 0 Å². The highest BCUT2D eigenvalue weighted by atomic mass is 16.5. The molecule has 1 heterocycles. The molecular weight excluding hydrogens is 186 g/mol. The minimum absolute atomic E-state index is 0.329. The van der Waals surface area contributed by atoms with E-state index in [-0.39, 0.29) is 0 Å². The van der Waals surface area contributed by atoms with Crippen LogP contribution in [0.1, 0.15) is 25.8 Å². The van der Waals surface area contributed by atoms with Crippen molar-refractivity contribution in [2.75, 3.05) is 11.9 Å². The summed E-state index contributed by atoms with van der Waals surface area (Å²) in [4.78, 5) is 0. The molecule has 0 aliphatic carbocycles. The highest BCUT2D eigenvalue weighted by Crippen LogP contribution is 2.19. The van der Waals surface area contributed by atoms with Gasteiger partial charge in [0.05, 0.1) is 12.1 Å². The minimum atomic E-state index is 0.329. The number of aryl methyl sites for hydroxylation is 1. The molecule has 1 fully saturated rings. The van der Waals surface area contributed by atoms with Crippen molar-refractivity contribution in [1.82, 2.24) is 0 Å². The first-order chi connectivity index (χ1) is 7.29. The monoisotopic (exact) mass is 205 g/mol. The normalized spacial score (nSPS) is 25.5. The van der Waals surface area contributed by atoms with Crippen molar-refractivity contribution in [2.45, 2.75) is 38.8 Å². The van der Waals surface area contributed by atoms with Gasteiger partial charge < -0.3 is 10.1 Å². The Hall–Kier alpha value is -1.02. The van der Waals surface area contributed by atoms with Gasteiger partial charge in [-0.15, -0.1) is 0 Å². The molecule has 2 nitrogen and oxygen atoms in total. The van der Waals surface area contributed by atoms with Crippen molar-refractivity contribution < 1.29 is 4.74 Å². The molecule has 0 radical (unpaired) electrons. The van der Waals surface area contributed by atoms with Crippen LogP contribution >= 0.6 is 0 Å². The smallest absolute Gasteiger partial charge is 0.0748 e. The topological polar surface area (TPSA) is 21.3 Å². The lowest BCUT2D eigenvalue weighted by Gasteiger charge is -2.17. The van der Waals surface area contributed by atoms with Gasteiger partial charge in [0.1, 0.15) is 0 Å². The molecule has 1 aliphatic heterocycles. The quantitative estimate of drug-likeness (QED) is 0.819. The molecule has 82 valence electrons. The predicted molar refractivity (Wildman–Crippen MR) is 63.3 cm³/mol. The van der Waals surface area contributed by atoms with Crippen LogP contribution in [0.5, 0.6) is 0 Å². The molecule has 1 aromatic carbocycles. The van der Waals surface area contributed by atoms with Crippen molar-refractivity contribution in [1.29, 1.82) is 0 Å². The van der Waals surface area contributed by atoms with Gasteiger partial charge >= 0.3 is 0 Å². The number of nitrogens with one attached hydrogen (secondary N) is 1. The van der Waals surface area contributed by atoms with Gasteiger partial charge in [0, 0.05) is 12.3 Å². The van der Waals surface area contributed by atoms with E-state index in [2.05, 4.69) is 43.4 Å². The van der Waals surface area contributed by atoms with Gasteiger partial charge in [-0.05, 0) is 37.5 Å². The number of hydrogen-bond donors (Lipinski definition) is 1. The highest BCUT2D eigenvalue weighted by molar-refractivity contribution is 5.46. The lowest BCUT2D eigenvalue weighted by atomic mass is 10.1. The Morgan fingerprint density at radius 3 is 3.00 bits per heavy atom. The van der Waals surface area contributed by atoms with E-state index < -0.39 is 0 Å². The van der Waals surface area contributed by atoms with Crippen LogP contribution in [-0.2, 0) is 11.2 Å². The van der Waals surface area contributed by atoms with Crippen molar-refractivity contribution in [3.63, 3.8) is 0 Å². The summed E-state index contributed by atoms with van der Waals surface area (Å²) in [6, 6.07) is 9.11. The standard InChI is InChI=1S/C13H19NO/c1-3-11-5-4-6-12(9-11)14-13-7-8-15-10(13)2/h4-6,9-10,13-14H,3,7-8H2,1-2H3/t10-,13-/m0/s1. The van der Waals surface area contributed by atoms with Crippen molar-refractivity contribution in [2.24, 2.45) is 0 Å². The maximum Gasteiger partial charge on any atom is 0.0748 e. The van der Waals surface area contributed by atoms with Crippen LogP contribution in [-0.4, -0.2) is 18.8 Å². The number of benzene rings is 1. The third kappa shape index (κ3) is 2.51.